The third-order valence-corrected chi connectivity index (χ3v) is 3.70. The Morgan fingerprint density at radius 2 is 2.32 bits per heavy atom. The number of carbonyl (C=O) groups is 1. The minimum atomic E-state index is 0.0923. The lowest BCUT2D eigenvalue weighted by molar-refractivity contribution is -0.128. The van der Waals surface area contributed by atoms with Crippen LogP contribution in [0.3, 0.4) is 0 Å². The van der Waals surface area contributed by atoms with Gasteiger partial charge >= 0.3 is 0 Å². The third kappa shape index (κ3) is 3.61. The van der Waals surface area contributed by atoms with Gasteiger partial charge in [0.05, 0.1) is 11.6 Å². The van der Waals surface area contributed by atoms with Crippen LogP contribution in [0.2, 0.25) is 5.02 Å². The second kappa shape index (κ2) is 6.26. The minimum absolute atomic E-state index is 0.0923. The normalized spacial score (nSPS) is 19.2. The van der Waals surface area contributed by atoms with Gasteiger partial charge in [0, 0.05) is 26.6 Å². The zero-order chi connectivity index (χ0) is 13.8. The van der Waals surface area contributed by atoms with Gasteiger partial charge in [-0.15, -0.1) is 0 Å². The number of ether oxygens (including phenoxy) is 1. The van der Waals surface area contributed by atoms with Crippen LogP contribution < -0.4 is 0 Å². The van der Waals surface area contributed by atoms with Crippen molar-refractivity contribution in [3.8, 4) is 5.75 Å². The number of methoxy groups -OCH3 is 1. The highest BCUT2D eigenvalue weighted by molar-refractivity contribution is 6.32. The van der Waals surface area contributed by atoms with Crippen molar-refractivity contribution in [1.29, 1.82) is 0 Å². The van der Waals surface area contributed by atoms with Crippen molar-refractivity contribution in [2.75, 3.05) is 26.8 Å². The van der Waals surface area contributed by atoms with E-state index in [9.17, 15) is 9.90 Å². The molecule has 1 N–H and O–H groups in total. The molecular weight excluding hydrogens is 266 g/mol. The Balaban J connectivity index is 1.93. The van der Waals surface area contributed by atoms with Gasteiger partial charge < -0.3 is 14.7 Å². The highest BCUT2D eigenvalue weighted by Gasteiger charge is 2.29. The second-order valence-electron chi connectivity index (χ2n) is 4.89. The van der Waals surface area contributed by atoms with E-state index >= 15 is 0 Å². The first-order valence-corrected chi connectivity index (χ1v) is 6.72. The maximum absolute atomic E-state index is 11.8. The molecule has 19 heavy (non-hydrogen) atoms. The van der Waals surface area contributed by atoms with E-state index in [0.29, 0.717) is 30.5 Å². The maximum atomic E-state index is 11.8. The zero-order valence-corrected chi connectivity index (χ0v) is 11.7. The van der Waals surface area contributed by atoms with E-state index in [2.05, 4.69) is 0 Å². The van der Waals surface area contributed by atoms with E-state index in [1.165, 1.54) is 0 Å². The second-order valence-corrected chi connectivity index (χ2v) is 5.30. The fourth-order valence-corrected chi connectivity index (χ4v) is 2.62. The first-order chi connectivity index (χ1) is 9.10. The van der Waals surface area contributed by atoms with E-state index in [4.69, 9.17) is 16.3 Å². The van der Waals surface area contributed by atoms with Gasteiger partial charge in [0.25, 0.3) is 0 Å². The standard InChI is InChI=1S/C14H18ClNO3/c1-19-5-4-16-9-11(8-14(16)18)6-10-2-3-13(17)12(15)7-10/h2-3,7,11,17H,4-6,8-9H2,1H3/t11-/m0/s1. The summed E-state index contributed by atoms with van der Waals surface area (Å²) in [4.78, 5) is 13.6. The number of hydrogen-bond donors (Lipinski definition) is 1. The fraction of sp³-hybridized carbons (Fsp3) is 0.500. The van der Waals surface area contributed by atoms with Gasteiger partial charge in [-0.3, -0.25) is 4.79 Å². The Morgan fingerprint density at radius 1 is 1.53 bits per heavy atom. The number of phenolic OH excluding ortho intramolecular Hbond substituents is 1. The number of likely N-dealkylation sites (tertiary alicyclic amines) is 1. The number of amides is 1. The summed E-state index contributed by atoms with van der Waals surface area (Å²) in [5.74, 6) is 0.589. The number of benzene rings is 1. The molecule has 1 aliphatic heterocycles. The molecule has 104 valence electrons. The molecule has 1 aliphatic rings. The average Bonchev–Trinajstić information content (AvgIpc) is 2.72. The van der Waals surface area contributed by atoms with Crippen LogP contribution in [0.1, 0.15) is 12.0 Å². The minimum Gasteiger partial charge on any atom is -0.506 e. The van der Waals surface area contributed by atoms with Gasteiger partial charge in [0.1, 0.15) is 5.75 Å². The van der Waals surface area contributed by atoms with Crippen molar-refractivity contribution < 1.29 is 14.6 Å². The summed E-state index contributed by atoms with van der Waals surface area (Å²) in [7, 11) is 1.64. The van der Waals surface area contributed by atoms with Crippen LogP contribution in [0.4, 0.5) is 0 Å². The van der Waals surface area contributed by atoms with Crippen molar-refractivity contribution >= 4 is 17.5 Å². The highest BCUT2D eigenvalue weighted by atomic mass is 35.5. The number of halogens is 1. The predicted octanol–water partition coefficient (Wildman–Crippen LogP) is 2.08. The van der Waals surface area contributed by atoms with E-state index in [0.717, 1.165) is 18.5 Å². The summed E-state index contributed by atoms with van der Waals surface area (Å²) in [6, 6.07) is 5.21. The largest absolute Gasteiger partial charge is 0.506 e. The smallest absolute Gasteiger partial charge is 0.223 e. The molecule has 1 heterocycles. The number of carbonyl (C=O) groups excluding carboxylic acids is 1. The van der Waals surface area contributed by atoms with Crippen LogP contribution in [0, 0.1) is 5.92 Å². The van der Waals surface area contributed by atoms with Gasteiger partial charge in [-0.2, -0.15) is 0 Å². The predicted molar refractivity (Wildman–Crippen MR) is 73.4 cm³/mol. The molecule has 1 atom stereocenters. The molecule has 1 amide bonds. The van der Waals surface area contributed by atoms with E-state index in [-0.39, 0.29) is 11.7 Å². The van der Waals surface area contributed by atoms with Gasteiger partial charge in [0.2, 0.25) is 5.91 Å². The first kappa shape index (κ1) is 14.2. The third-order valence-electron chi connectivity index (χ3n) is 3.40. The molecule has 0 aromatic heterocycles. The zero-order valence-electron chi connectivity index (χ0n) is 10.9. The lowest BCUT2D eigenvalue weighted by Gasteiger charge is -2.16. The molecule has 1 saturated heterocycles. The molecule has 0 unspecified atom stereocenters. The Hall–Kier alpha value is -1.26. The SMILES string of the molecule is COCCN1C[C@@H](Cc2ccc(O)c(Cl)c2)CC1=O. The molecule has 0 radical (unpaired) electrons. The van der Waals surface area contributed by atoms with Gasteiger partial charge in [-0.05, 0) is 30.0 Å². The molecule has 0 bridgehead atoms. The summed E-state index contributed by atoms with van der Waals surface area (Å²) < 4.78 is 5.00. The molecule has 0 saturated carbocycles. The van der Waals surface area contributed by atoms with E-state index in [1.54, 1.807) is 19.2 Å². The quantitative estimate of drug-likeness (QED) is 0.900. The van der Waals surface area contributed by atoms with Crippen LogP contribution in [-0.2, 0) is 16.0 Å². The van der Waals surface area contributed by atoms with Crippen molar-refractivity contribution in [3.63, 3.8) is 0 Å². The lowest BCUT2D eigenvalue weighted by atomic mass is 9.98. The highest BCUT2D eigenvalue weighted by Crippen LogP contribution is 2.27. The average molecular weight is 284 g/mol. The number of nitrogens with zero attached hydrogens (tertiary/aromatic N) is 1. The number of hydrogen-bond acceptors (Lipinski definition) is 3. The molecule has 0 spiro atoms. The summed E-state index contributed by atoms with van der Waals surface area (Å²) in [5, 5.41) is 9.74. The van der Waals surface area contributed by atoms with Crippen molar-refractivity contribution in [3.05, 3.63) is 28.8 Å². The van der Waals surface area contributed by atoms with E-state index < -0.39 is 0 Å². The molecule has 5 heteroatoms. The summed E-state index contributed by atoms with van der Waals surface area (Å²) in [6.07, 6.45) is 1.37. The van der Waals surface area contributed by atoms with Crippen molar-refractivity contribution in [1.82, 2.24) is 4.90 Å². The van der Waals surface area contributed by atoms with Crippen LogP contribution >= 0.6 is 11.6 Å². The molecular formula is C14H18ClNO3. The van der Waals surface area contributed by atoms with Crippen LogP contribution in [0.5, 0.6) is 5.75 Å². The van der Waals surface area contributed by atoms with Crippen LogP contribution in [0.25, 0.3) is 0 Å². The fourth-order valence-electron chi connectivity index (χ4n) is 2.42. The molecule has 2 rings (SSSR count). The molecule has 1 aromatic carbocycles. The van der Waals surface area contributed by atoms with E-state index in [1.807, 2.05) is 11.0 Å². The lowest BCUT2D eigenvalue weighted by Crippen LogP contribution is -2.28. The topological polar surface area (TPSA) is 49.8 Å². The van der Waals surface area contributed by atoms with Gasteiger partial charge in [0.15, 0.2) is 0 Å². The summed E-state index contributed by atoms with van der Waals surface area (Å²) >= 11 is 5.88. The Bertz CT molecular complexity index is 464. The summed E-state index contributed by atoms with van der Waals surface area (Å²) in [6.45, 7) is 1.99. The monoisotopic (exact) mass is 283 g/mol. The number of aromatic hydroxyl groups is 1. The Morgan fingerprint density at radius 3 is 3.00 bits per heavy atom. The van der Waals surface area contributed by atoms with Crippen molar-refractivity contribution in [2.24, 2.45) is 5.92 Å². The van der Waals surface area contributed by atoms with Crippen LogP contribution in [-0.4, -0.2) is 42.7 Å². The van der Waals surface area contributed by atoms with Gasteiger partial charge in [-0.1, -0.05) is 17.7 Å². The van der Waals surface area contributed by atoms with Gasteiger partial charge in [-0.25, -0.2) is 0 Å². The maximum Gasteiger partial charge on any atom is 0.223 e. The first-order valence-electron chi connectivity index (χ1n) is 6.34. The number of phenols is 1. The number of rotatable bonds is 5. The molecule has 0 aliphatic carbocycles. The Kier molecular flexibility index (Phi) is 4.66. The van der Waals surface area contributed by atoms with Crippen molar-refractivity contribution in [2.45, 2.75) is 12.8 Å². The molecule has 1 aromatic rings. The summed E-state index contributed by atoms with van der Waals surface area (Å²) in [5.41, 5.74) is 1.05. The Labute approximate surface area is 117 Å². The van der Waals surface area contributed by atoms with Crippen LogP contribution in [0.15, 0.2) is 18.2 Å². The molecule has 4 nitrogen and oxygen atoms in total. The molecule has 1 fully saturated rings.